The van der Waals surface area contributed by atoms with Crippen molar-refractivity contribution in [2.45, 2.75) is 18.9 Å². The van der Waals surface area contributed by atoms with Gasteiger partial charge in [0.15, 0.2) is 0 Å². The standard InChI is InChI=1S/C14H16O/c1-15-14(13-9-5-6-10-13)11-12-7-3-2-4-8-12/h2-5,7-10,14H,6,11H2,1H3. The summed E-state index contributed by atoms with van der Waals surface area (Å²) in [6.45, 7) is 0. The fraction of sp³-hybridized carbons (Fsp3) is 0.286. The van der Waals surface area contributed by atoms with Crippen LogP contribution < -0.4 is 0 Å². The summed E-state index contributed by atoms with van der Waals surface area (Å²) < 4.78 is 5.52. The molecule has 1 aromatic rings. The van der Waals surface area contributed by atoms with E-state index < -0.39 is 0 Å². The quantitative estimate of drug-likeness (QED) is 0.725. The molecule has 0 radical (unpaired) electrons. The van der Waals surface area contributed by atoms with Crippen LogP contribution in [0, 0.1) is 0 Å². The molecule has 1 aliphatic rings. The van der Waals surface area contributed by atoms with Gasteiger partial charge in [-0.2, -0.15) is 0 Å². The second-order valence-electron chi connectivity index (χ2n) is 3.76. The highest BCUT2D eigenvalue weighted by molar-refractivity contribution is 5.31. The van der Waals surface area contributed by atoms with E-state index in [2.05, 4.69) is 42.5 Å². The zero-order valence-electron chi connectivity index (χ0n) is 9.02. The Kier molecular flexibility index (Phi) is 3.36. The van der Waals surface area contributed by atoms with Gasteiger partial charge in [-0.3, -0.25) is 0 Å². The highest BCUT2D eigenvalue weighted by Crippen LogP contribution is 2.19. The SMILES string of the molecule is COC(Cc1ccccc1)C1=CCC=C1. The molecule has 0 spiro atoms. The fourth-order valence-corrected chi connectivity index (χ4v) is 1.88. The molecule has 0 aromatic heterocycles. The highest BCUT2D eigenvalue weighted by atomic mass is 16.5. The lowest BCUT2D eigenvalue weighted by atomic mass is 10.0. The Morgan fingerprint density at radius 1 is 1.27 bits per heavy atom. The highest BCUT2D eigenvalue weighted by Gasteiger charge is 2.13. The monoisotopic (exact) mass is 200 g/mol. The molecule has 1 nitrogen and oxygen atoms in total. The molecule has 1 aromatic carbocycles. The van der Waals surface area contributed by atoms with E-state index in [1.807, 2.05) is 6.07 Å². The van der Waals surface area contributed by atoms with Crippen molar-refractivity contribution in [3.8, 4) is 0 Å². The van der Waals surface area contributed by atoms with Crippen LogP contribution >= 0.6 is 0 Å². The molecule has 1 heteroatoms. The van der Waals surface area contributed by atoms with Gasteiger partial charge in [-0.1, -0.05) is 48.6 Å². The summed E-state index contributed by atoms with van der Waals surface area (Å²) in [7, 11) is 1.78. The minimum atomic E-state index is 0.200. The lowest BCUT2D eigenvalue weighted by Crippen LogP contribution is -2.15. The Hall–Kier alpha value is -1.34. The normalized spacial score (nSPS) is 16.5. The smallest absolute Gasteiger partial charge is 0.0858 e. The van der Waals surface area contributed by atoms with E-state index in [0.29, 0.717) is 0 Å². The lowest BCUT2D eigenvalue weighted by Gasteiger charge is -2.15. The number of hydrogen-bond donors (Lipinski definition) is 0. The molecule has 0 bridgehead atoms. The summed E-state index contributed by atoms with van der Waals surface area (Å²) in [5.41, 5.74) is 2.63. The second-order valence-corrected chi connectivity index (χ2v) is 3.76. The van der Waals surface area contributed by atoms with Gasteiger partial charge in [-0.25, -0.2) is 0 Å². The van der Waals surface area contributed by atoms with E-state index in [0.717, 1.165) is 12.8 Å². The summed E-state index contributed by atoms with van der Waals surface area (Å²) in [4.78, 5) is 0. The molecule has 0 N–H and O–H groups in total. The number of ether oxygens (including phenoxy) is 1. The van der Waals surface area contributed by atoms with Crippen molar-refractivity contribution in [3.63, 3.8) is 0 Å². The van der Waals surface area contributed by atoms with Crippen LogP contribution in [0.15, 0.2) is 54.1 Å². The Bertz CT molecular complexity index is 362. The number of allylic oxidation sites excluding steroid dienone is 2. The first-order valence-corrected chi connectivity index (χ1v) is 5.33. The molecular weight excluding hydrogens is 184 g/mol. The zero-order valence-corrected chi connectivity index (χ0v) is 9.02. The minimum Gasteiger partial charge on any atom is -0.376 e. The summed E-state index contributed by atoms with van der Waals surface area (Å²) in [6.07, 6.45) is 8.77. The van der Waals surface area contributed by atoms with Crippen molar-refractivity contribution in [1.82, 2.24) is 0 Å². The van der Waals surface area contributed by atoms with Gasteiger partial charge in [0.25, 0.3) is 0 Å². The van der Waals surface area contributed by atoms with Gasteiger partial charge in [0.1, 0.15) is 0 Å². The summed E-state index contributed by atoms with van der Waals surface area (Å²) in [5.74, 6) is 0. The van der Waals surface area contributed by atoms with Crippen molar-refractivity contribution in [2.24, 2.45) is 0 Å². The number of methoxy groups -OCH3 is 1. The molecular formula is C14H16O. The van der Waals surface area contributed by atoms with E-state index in [1.165, 1.54) is 11.1 Å². The molecule has 0 heterocycles. The van der Waals surface area contributed by atoms with Crippen molar-refractivity contribution >= 4 is 0 Å². The number of benzene rings is 1. The second kappa shape index (κ2) is 4.94. The van der Waals surface area contributed by atoms with Gasteiger partial charge >= 0.3 is 0 Å². The zero-order chi connectivity index (χ0) is 10.5. The Morgan fingerprint density at radius 3 is 2.67 bits per heavy atom. The Morgan fingerprint density at radius 2 is 2.07 bits per heavy atom. The van der Waals surface area contributed by atoms with Crippen molar-refractivity contribution in [3.05, 3.63) is 59.7 Å². The van der Waals surface area contributed by atoms with Gasteiger partial charge in [-0.05, 0) is 17.6 Å². The van der Waals surface area contributed by atoms with Crippen LogP contribution in [0.2, 0.25) is 0 Å². The molecule has 0 aliphatic heterocycles. The average Bonchev–Trinajstić information content (AvgIpc) is 2.81. The summed E-state index contributed by atoms with van der Waals surface area (Å²) >= 11 is 0. The van der Waals surface area contributed by atoms with E-state index in [1.54, 1.807) is 7.11 Å². The molecule has 0 saturated carbocycles. The predicted molar refractivity (Wildman–Crippen MR) is 62.8 cm³/mol. The van der Waals surface area contributed by atoms with Crippen molar-refractivity contribution in [2.75, 3.05) is 7.11 Å². The van der Waals surface area contributed by atoms with E-state index in [4.69, 9.17) is 4.74 Å². The molecule has 78 valence electrons. The van der Waals surface area contributed by atoms with Crippen molar-refractivity contribution in [1.29, 1.82) is 0 Å². The maximum Gasteiger partial charge on any atom is 0.0858 e. The summed E-state index contributed by atoms with van der Waals surface area (Å²) in [6, 6.07) is 10.5. The Balaban J connectivity index is 2.06. The first-order valence-electron chi connectivity index (χ1n) is 5.33. The van der Waals surface area contributed by atoms with Gasteiger partial charge in [0, 0.05) is 13.5 Å². The third-order valence-corrected chi connectivity index (χ3v) is 2.72. The maximum atomic E-state index is 5.52. The topological polar surface area (TPSA) is 9.23 Å². The lowest BCUT2D eigenvalue weighted by molar-refractivity contribution is 0.135. The molecule has 2 rings (SSSR count). The van der Waals surface area contributed by atoms with Gasteiger partial charge in [-0.15, -0.1) is 0 Å². The summed E-state index contributed by atoms with van der Waals surface area (Å²) in [5, 5.41) is 0. The average molecular weight is 200 g/mol. The maximum absolute atomic E-state index is 5.52. The Labute approximate surface area is 91.1 Å². The van der Waals surface area contributed by atoms with Crippen LogP contribution in [0.5, 0.6) is 0 Å². The first-order chi connectivity index (χ1) is 7.40. The third-order valence-electron chi connectivity index (χ3n) is 2.72. The molecule has 0 amide bonds. The van der Waals surface area contributed by atoms with Gasteiger partial charge < -0.3 is 4.74 Å². The van der Waals surface area contributed by atoms with Gasteiger partial charge in [0.2, 0.25) is 0 Å². The molecule has 0 fully saturated rings. The minimum absolute atomic E-state index is 0.200. The molecule has 0 saturated heterocycles. The molecule has 1 atom stereocenters. The van der Waals surface area contributed by atoms with Crippen LogP contribution in [-0.2, 0) is 11.2 Å². The van der Waals surface area contributed by atoms with Gasteiger partial charge in [0.05, 0.1) is 6.10 Å². The van der Waals surface area contributed by atoms with Crippen LogP contribution in [0.25, 0.3) is 0 Å². The molecule has 15 heavy (non-hydrogen) atoms. The fourth-order valence-electron chi connectivity index (χ4n) is 1.88. The first kappa shape index (κ1) is 10.2. The predicted octanol–water partition coefficient (Wildman–Crippen LogP) is 3.13. The molecule has 1 unspecified atom stereocenters. The van der Waals surface area contributed by atoms with Crippen molar-refractivity contribution < 1.29 is 4.74 Å². The third kappa shape index (κ3) is 2.57. The van der Waals surface area contributed by atoms with E-state index in [9.17, 15) is 0 Å². The van der Waals surface area contributed by atoms with E-state index >= 15 is 0 Å². The van der Waals surface area contributed by atoms with E-state index in [-0.39, 0.29) is 6.10 Å². The van der Waals surface area contributed by atoms with Crippen LogP contribution in [0.1, 0.15) is 12.0 Å². The van der Waals surface area contributed by atoms with Crippen LogP contribution in [-0.4, -0.2) is 13.2 Å². The number of rotatable bonds is 4. The molecule has 1 aliphatic carbocycles. The largest absolute Gasteiger partial charge is 0.376 e. The van der Waals surface area contributed by atoms with Crippen LogP contribution in [0.3, 0.4) is 0 Å². The van der Waals surface area contributed by atoms with Crippen LogP contribution in [0.4, 0.5) is 0 Å². The number of hydrogen-bond acceptors (Lipinski definition) is 1.